The van der Waals surface area contributed by atoms with E-state index >= 15 is 0 Å². The molecule has 41 nitrogen and oxygen atoms in total. The monoisotopic (exact) mass is 1350 g/mol. The third-order valence-electron chi connectivity index (χ3n) is 16.7. The second-order valence-electron chi connectivity index (χ2n) is 23.2. The van der Waals surface area contributed by atoms with E-state index in [9.17, 15) is 126 Å². The van der Waals surface area contributed by atoms with Gasteiger partial charge in [0.25, 0.3) is 5.79 Å². The number of carbonyl (C=O) groups excluding carboxylic acids is 3. The Balaban J connectivity index is 1.25. The molecule has 92 heavy (non-hydrogen) atoms. The minimum atomic E-state index is -3.43. The number of nitrogens with one attached hydrogen (secondary N) is 3. The van der Waals surface area contributed by atoms with Crippen LogP contribution in [0.3, 0.4) is 0 Å². The Hall–Kier alpha value is -3.44. The normalized spacial score (nSPS) is 47.6. The molecule has 0 aromatic carbocycles. The van der Waals surface area contributed by atoms with Crippen molar-refractivity contribution in [2.24, 2.45) is 0 Å². The van der Waals surface area contributed by atoms with Crippen LogP contribution >= 0.6 is 0 Å². The second kappa shape index (κ2) is 32.3. The van der Waals surface area contributed by atoms with Gasteiger partial charge in [0.05, 0.1) is 57.9 Å². The zero-order chi connectivity index (χ0) is 68.3. The van der Waals surface area contributed by atoms with Crippen molar-refractivity contribution in [2.75, 3.05) is 39.6 Å². The van der Waals surface area contributed by atoms with Crippen molar-refractivity contribution in [3.8, 4) is 0 Å². The standard InChI is InChI=1S/C51H85N3O38/c1-12-26(66)31(71)34(74)47(80-12)88-39-25(54-15(4)63)46(83-19(8-57)28(39)68)90-42-30(70)20(9-58)84-48(35(42)75)89-40-24(53-14(3)62)45(82-18(7-56)29(40)69)87-38-22(11-60)85-49(86-37-21(10-59)81-44(77)33(73)32(37)72)36(76)43(38)92-51(50(78)79)5-16(64)23(52-13(2)61)41(91-51)27(67)17(65)6-55/h12,16-49,55-60,64-77H,5-11H2,1-4H3,(H,52,61)(H,53,62)(H,54,63)(H,78,79)/t12-,16-,17+,18+,19+,20+,21+,22+,23+,24+,25+,26+,27+,28+,29-,30-,31+,32+,33+,34-,35+,36+,37+,38-,39+,40+,41+,42-,43+,44+,45-,46-,47-,48-,49-,51-/m0/s1. The van der Waals surface area contributed by atoms with Crippen molar-refractivity contribution in [1.82, 2.24) is 16.0 Å². The largest absolute Gasteiger partial charge is 0.477 e. The quantitative estimate of drug-likeness (QED) is 0.0427. The van der Waals surface area contributed by atoms with Gasteiger partial charge in [0, 0.05) is 27.2 Å². The molecule has 0 saturated carbocycles. The van der Waals surface area contributed by atoms with Crippen LogP contribution in [0, 0.1) is 0 Å². The molecule has 7 rings (SSSR count). The van der Waals surface area contributed by atoms with E-state index in [1.54, 1.807) is 0 Å². The minimum absolute atomic E-state index is 0.874. The molecule has 0 aromatic rings. The number of carbonyl (C=O) groups is 4. The summed E-state index contributed by atoms with van der Waals surface area (Å²) < 4.78 is 76.2. The van der Waals surface area contributed by atoms with Gasteiger partial charge in [-0.3, -0.25) is 14.4 Å². The van der Waals surface area contributed by atoms with E-state index in [0.29, 0.717) is 0 Å². The molecule has 7 heterocycles. The Morgan fingerprint density at radius 3 is 1.32 bits per heavy atom. The summed E-state index contributed by atoms with van der Waals surface area (Å²) in [7, 11) is 0. The number of aliphatic carboxylic acids is 1. The van der Waals surface area contributed by atoms with Crippen LogP contribution in [-0.4, -0.2) is 391 Å². The van der Waals surface area contributed by atoms with Gasteiger partial charge in [0.2, 0.25) is 17.7 Å². The zero-order valence-electron chi connectivity index (χ0n) is 49.5. The van der Waals surface area contributed by atoms with Gasteiger partial charge >= 0.3 is 5.97 Å². The number of aliphatic hydroxyl groups is 20. The molecule has 7 aliphatic rings. The molecule has 0 spiro atoms. The Bertz CT molecular complexity index is 2400. The summed E-state index contributed by atoms with van der Waals surface area (Å²) in [5, 5.41) is 237. The molecular formula is C51H85N3O38. The lowest BCUT2D eigenvalue weighted by atomic mass is 9.88. The van der Waals surface area contributed by atoms with Crippen LogP contribution in [0.25, 0.3) is 0 Å². The Morgan fingerprint density at radius 2 is 0.848 bits per heavy atom. The fraction of sp³-hybridized carbons (Fsp3) is 0.922. The number of aliphatic hydroxyl groups excluding tert-OH is 20. The van der Waals surface area contributed by atoms with Crippen LogP contribution in [0.2, 0.25) is 0 Å². The molecule has 7 aliphatic heterocycles. The summed E-state index contributed by atoms with van der Waals surface area (Å²) in [6.07, 6.45) is -68.0. The van der Waals surface area contributed by atoms with Gasteiger partial charge in [0.15, 0.2) is 37.7 Å². The van der Waals surface area contributed by atoms with Crippen LogP contribution < -0.4 is 16.0 Å². The number of hydrogen-bond acceptors (Lipinski definition) is 37. The lowest BCUT2D eigenvalue weighted by molar-refractivity contribution is -0.403. The third kappa shape index (κ3) is 16.2. The van der Waals surface area contributed by atoms with E-state index in [1.807, 2.05) is 0 Å². The Morgan fingerprint density at radius 1 is 0.446 bits per heavy atom. The van der Waals surface area contributed by atoms with Crippen molar-refractivity contribution < 1.29 is 188 Å². The summed E-state index contributed by atoms with van der Waals surface area (Å²) in [4.78, 5) is 52.0. The van der Waals surface area contributed by atoms with Crippen molar-refractivity contribution >= 4 is 23.7 Å². The zero-order valence-corrected chi connectivity index (χ0v) is 49.5. The van der Waals surface area contributed by atoms with Crippen LogP contribution in [0.5, 0.6) is 0 Å². The number of hydrogen-bond donors (Lipinski definition) is 24. The summed E-state index contributed by atoms with van der Waals surface area (Å²) in [5.41, 5.74) is 0. The highest BCUT2D eigenvalue weighted by Gasteiger charge is 2.63. The van der Waals surface area contributed by atoms with Gasteiger partial charge in [-0.25, -0.2) is 4.79 Å². The predicted molar refractivity (Wildman–Crippen MR) is 282 cm³/mol. The highest BCUT2D eigenvalue weighted by Crippen LogP contribution is 2.42. The molecule has 24 N–H and O–H groups in total. The number of carboxylic acid groups (broad SMARTS) is 1. The Kier molecular flexibility index (Phi) is 26.6. The first-order valence-corrected chi connectivity index (χ1v) is 29.1. The SMILES string of the molecule is CC(=O)N[C@H]1[C@H](O[C@@H]2[C@H](O[C@]3(C(=O)O)C[C@H](O)[C@@H](NC(C)=O)[C@H]([C@H](O)[C@H](O)CO)O3)[C@@H](O)[C@H](O[C@H]3[C@H](O)[C@@H](O)[C@H](O)O[C@@H]3CO)O[C@@H]2CO)O[C@H](CO)[C@H](O)[C@@H]1O[C@@H]1O[C@H](CO)[C@H](O)[C@H](O[C@@H]2O[C@H](CO)[C@@H](O)[C@H](O[C@@H]3O[C@@H](C)[C@@H](O)[C@@H](O)[C@@H]3O)[C@H]2NC(C)=O)[C@H]1O. The van der Waals surface area contributed by atoms with Gasteiger partial charge in [-0.1, -0.05) is 0 Å². The van der Waals surface area contributed by atoms with Crippen molar-refractivity contribution in [3.63, 3.8) is 0 Å². The number of rotatable bonds is 24. The predicted octanol–water partition coefficient (Wildman–Crippen LogP) is -15.6. The van der Waals surface area contributed by atoms with Crippen LogP contribution in [0.1, 0.15) is 34.1 Å². The van der Waals surface area contributed by atoms with Gasteiger partial charge in [-0.05, 0) is 6.92 Å². The Labute approximate surface area is 520 Å². The summed E-state index contributed by atoms with van der Waals surface area (Å²) in [5.74, 6) is -8.43. The van der Waals surface area contributed by atoms with Crippen LogP contribution in [-0.2, 0) is 80.8 Å². The number of carboxylic acids is 1. The van der Waals surface area contributed by atoms with E-state index in [1.165, 1.54) is 6.92 Å². The molecule has 0 aliphatic carbocycles. The average molecular weight is 1350 g/mol. The minimum Gasteiger partial charge on any atom is -0.477 e. The molecule has 7 fully saturated rings. The van der Waals surface area contributed by atoms with Crippen LogP contribution in [0.15, 0.2) is 0 Å². The fourth-order valence-electron chi connectivity index (χ4n) is 11.9. The molecular weight excluding hydrogens is 1260 g/mol. The van der Waals surface area contributed by atoms with Gasteiger partial charge in [-0.2, -0.15) is 0 Å². The maximum atomic E-state index is 13.7. The molecule has 532 valence electrons. The van der Waals surface area contributed by atoms with E-state index in [4.69, 9.17) is 61.6 Å². The lowest BCUT2D eigenvalue weighted by Crippen LogP contribution is -2.72. The maximum Gasteiger partial charge on any atom is 0.364 e. The number of ether oxygens (including phenoxy) is 13. The second-order valence-corrected chi connectivity index (χ2v) is 23.2. The first kappa shape index (κ1) is 75.9. The van der Waals surface area contributed by atoms with Gasteiger partial charge in [-0.15, -0.1) is 0 Å². The summed E-state index contributed by atoms with van der Waals surface area (Å²) >= 11 is 0. The molecule has 0 bridgehead atoms. The van der Waals surface area contributed by atoms with Crippen molar-refractivity contribution in [2.45, 2.75) is 254 Å². The topological polar surface area (TPSA) is 649 Å². The van der Waals surface area contributed by atoms with Crippen LogP contribution in [0.4, 0.5) is 0 Å². The highest BCUT2D eigenvalue weighted by atomic mass is 16.8. The average Bonchev–Trinajstić information content (AvgIpc) is 0.761. The van der Waals surface area contributed by atoms with Crippen molar-refractivity contribution in [3.05, 3.63) is 0 Å². The molecule has 0 unspecified atom stereocenters. The summed E-state index contributed by atoms with van der Waals surface area (Å²) in [6.45, 7) is -2.85. The molecule has 36 atom stereocenters. The molecule has 0 aromatic heterocycles. The highest BCUT2D eigenvalue weighted by molar-refractivity contribution is 5.77. The molecule has 7 saturated heterocycles. The molecule has 0 radical (unpaired) electrons. The van der Waals surface area contributed by atoms with E-state index < -0.39 is 290 Å². The smallest absolute Gasteiger partial charge is 0.364 e. The van der Waals surface area contributed by atoms with Crippen molar-refractivity contribution in [1.29, 1.82) is 0 Å². The molecule has 3 amide bonds. The number of amides is 3. The first-order chi connectivity index (χ1) is 43.3. The van der Waals surface area contributed by atoms with Gasteiger partial charge < -0.3 is 185 Å². The van der Waals surface area contributed by atoms with E-state index in [0.717, 1.165) is 20.8 Å². The third-order valence-corrected chi connectivity index (χ3v) is 16.7. The van der Waals surface area contributed by atoms with E-state index in [-0.39, 0.29) is 0 Å². The van der Waals surface area contributed by atoms with Gasteiger partial charge in [0.1, 0.15) is 159 Å². The molecule has 41 heteroatoms. The lowest BCUT2D eigenvalue weighted by Gasteiger charge is -2.53. The fourth-order valence-corrected chi connectivity index (χ4v) is 11.9. The van der Waals surface area contributed by atoms with E-state index in [2.05, 4.69) is 16.0 Å². The first-order valence-electron chi connectivity index (χ1n) is 29.1. The maximum absolute atomic E-state index is 13.7. The summed E-state index contributed by atoms with van der Waals surface area (Å²) in [6, 6.07) is -5.64.